The van der Waals surface area contributed by atoms with Gasteiger partial charge in [-0.2, -0.15) is 0 Å². The average Bonchev–Trinajstić information content (AvgIpc) is 3.46. The van der Waals surface area contributed by atoms with Crippen LogP contribution in [0.2, 0.25) is 0 Å². The Labute approximate surface area is 177 Å². The average molecular weight is 417 g/mol. The number of para-hydroxylation sites is 1. The highest BCUT2D eigenvalue weighted by molar-refractivity contribution is 7.18. The van der Waals surface area contributed by atoms with Crippen LogP contribution in [0.5, 0.6) is 0 Å². The van der Waals surface area contributed by atoms with E-state index in [4.69, 9.17) is 4.98 Å². The van der Waals surface area contributed by atoms with Crippen molar-refractivity contribution >= 4 is 39.3 Å². The zero-order valence-electron chi connectivity index (χ0n) is 16.2. The van der Waals surface area contributed by atoms with Crippen LogP contribution in [-0.2, 0) is 0 Å². The second-order valence-corrected chi connectivity index (χ2v) is 8.51. The van der Waals surface area contributed by atoms with E-state index in [0.29, 0.717) is 17.7 Å². The lowest BCUT2D eigenvalue weighted by Crippen LogP contribution is -2.30. The Balaban J connectivity index is 1.45. The minimum absolute atomic E-state index is 0.0715. The summed E-state index contributed by atoms with van der Waals surface area (Å²) in [5.74, 6) is -0.863. The SMILES string of the molecule is C=CCN1C(=O)c2ccc(C(=O)N3CCC[C@H]3c3nc4ccccc4s3)cc2C1=O. The summed E-state index contributed by atoms with van der Waals surface area (Å²) in [5, 5.41) is 0.937. The Morgan fingerprint density at radius 1 is 1.17 bits per heavy atom. The van der Waals surface area contributed by atoms with Crippen LogP contribution in [0.4, 0.5) is 0 Å². The molecule has 150 valence electrons. The van der Waals surface area contributed by atoms with Crippen molar-refractivity contribution in [2.24, 2.45) is 0 Å². The van der Waals surface area contributed by atoms with E-state index in [2.05, 4.69) is 6.58 Å². The first-order valence-electron chi connectivity index (χ1n) is 9.86. The molecular weight excluding hydrogens is 398 g/mol. The second kappa shape index (κ2) is 7.18. The third kappa shape index (κ3) is 2.85. The third-order valence-electron chi connectivity index (χ3n) is 5.64. The number of aromatic nitrogens is 1. The molecule has 3 heterocycles. The molecule has 2 aromatic carbocycles. The highest BCUT2D eigenvalue weighted by Crippen LogP contribution is 2.37. The van der Waals surface area contributed by atoms with E-state index in [1.807, 2.05) is 29.2 Å². The molecule has 30 heavy (non-hydrogen) atoms. The van der Waals surface area contributed by atoms with E-state index in [-0.39, 0.29) is 35.9 Å². The summed E-state index contributed by atoms with van der Waals surface area (Å²) in [6.45, 7) is 4.39. The molecule has 1 aromatic heterocycles. The van der Waals surface area contributed by atoms with Gasteiger partial charge in [-0.3, -0.25) is 19.3 Å². The van der Waals surface area contributed by atoms with Crippen LogP contribution in [0.15, 0.2) is 55.1 Å². The highest BCUT2D eigenvalue weighted by Gasteiger charge is 2.37. The molecule has 0 radical (unpaired) electrons. The van der Waals surface area contributed by atoms with Crippen molar-refractivity contribution in [3.8, 4) is 0 Å². The van der Waals surface area contributed by atoms with Gasteiger partial charge in [0.05, 0.1) is 27.4 Å². The molecule has 0 spiro atoms. The zero-order chi connectivity index (χ0) is 20.8. The van der Waals surface area contributed by atoms with Crippen molar-refractivity contribution in [1.82, 2.24) is 14.8 Å². The molecule has 6 nitrogen and oxygen atoms in total. The standard InChI is InChI=1S/C23H19N3O3S/c1-2-11-26-22(28)15-10-9-14(13-16(15)23(26)29)21(27)25-12-5-7-18(25)20-24-17-6-3-4-8-19(17)30-20/h2-4,6,8-10,13,18H,1,5,7,11-12H2/t18-/m0/s1. The van der Waals surface area contributed by atoms with Crippen LogP contribution < -0.4 is 0 Å². The Morgan fingerprint density at radius 2 is 1.97 bits per heavy atom. The van der Waals surface area contributed by atoms with Crippen LogP contribution in [-0.4, -0.2) is 45.6 Å². The fraction of sp³-hybridized carbons (Fsp3) is 0.217. The number of imide groups is 1. The number of nitrogens with zero attached hydrogens (tertiary/aromatic N) is 3. The molecule has 2 aliphatic rings. The van der Waals surface area contributed by atoms with Crippen LogP contribution in [0, 0.1) is 0 Å². The molecule has 0 saturated carbocycles. The molecule has 0 bridgehead atoms. The van der Waals surface area contributed by atoms with E-state index >= 15 is 0 Å². The molecule has 5 rings (SSSR count). The van der Waals surface area contributed by atoms with Crippen LogP contribution in [0.3, 0.4) is 0 Å². The van der Waals surface area contributed by atoms with Crippen molar-refractivity contribution in [1.29, 1.82) is 0 Å². The van der Waals surface area contributed by atoms with Crippen molar-refractivity contribution < 1.29 is 14.4 Å². The van der Waals surface area contributed by atoms with Gasteiger partial charge in [0.25, 0.3) is 17.7 Å². The van der Waals surface area contributed by atoms with Gasteiger partial charge in [0.15, 0.2) is 0 Å². The molecule has 0 N–H and O–H groups in total. The third-order valence-corrected chi connectivity index (χ3v) is 6.78. The van der Waals surface area contributed by atoms with Gasteiger partial charge in [-0.25, -0.2) is 4.98 Å². The molecule has 1 fully saturated rings. The summed E-state index contributed by atoms with van der Waals surface area (Å²) >= 11 is 1.62. The van der Waals surface area contributed by atoms with E-state index in [1.165, 1.54) is 6.08 Å². The Bertz CT molecular complexity index is 1180. The van der Waals surface area contributed by atoms with Gasteiger partial charge in [-0.1, -0.05) is 18.2 Å². The number of hydrogen-bond acceptors (Lipinski definition) is 5. The number of carbonyl (C=O) groups excluding carboxylic acids is 3. The number of benzene rings is 2. The minimum Gasteiger partial charge on any atom is -0.329 e. The fourth-order valence-electron chi connectivity index (χ4n) is 4.18. The molecule has 1 saturated heterocycles. The Hall–Kier alpha value is -3.32. The maximum Gasteiger partial charge on any atom is 0.261 e. The summed E-state index contributed by atoms with van der Waals surface area (Å²) < 4.78 is 1.11. The maximum atomic E-state index is 13.3. The van der Waals surface area contributed by atoms with E-state index in [1.54, 1.807) is 29.5 Å². The van der Waals surface area contributed by atoms with Crippen molar-refractivity contribution in [3.63, 3.8) is 0 Å². The molecule has 3 amide bonds. The van der Waals surface area contributed by atoms with E-state index in [9.17, 15) is 14.4 Å². The number of fused-ring (bicyclic) bond motifs is 2. The number of amides is 3. The van der Waals surface area contributed by atoms with Crippen molar-refractivity contribution in [2.75, 3.05) is 13.1 Å². The number of hydrogen-bond donors (Lipinski definition) is 0. The fourth-order valence-corrected chi connectivity index (χ4v) is 5.30. The van der Waals surface area contributed by atoms with Gasteiger partial charge in [0.1, 0.15) is 5.01 Å². The molecular formula is C23H19N3O3S. The molecule has 0 aliphatic carbocycles. The summed E-state index contributed by atoms with van der Waals surface area (Å²) in [6.07, 6.45) is 3.28. The number of rotatable bonds is 4. The maximum absolute atomic E-state index is 13.3. The summed E-state index contributed by atoms with van der Waals surface area (Å²) in [6, 6.07) is 12.7. The molecule has 3 aromatic rings. The first-order valence-corrected chi connectivity index (χ1v) is 10.7. The first kappa shape index (κ1) is 18.7. The zero-order valence-corrected chi connectivity index (χ0v) is 17.0. The first-order chi connectivity index (χ1) is 14.6. The number of thiazole rings is 1. The highest BCUT2D eigenvalue weighted by atomic mass is 32.1. The lowest BCUT2D eigenvalue weighted by Gasteiger charge is -2.23. The van der Waals surface area contributed by atoms with Gasteiger partial charge in [-0.05, 0) is 43.2 Å². The quantitative estimate of drug-likeness (QED) is 0.474. The van der Waals surface area contributed by atoms with Crippen molar-refractivity contribution in [2.45, 2.75) is 18.9 Å². The largest absolute Gasteiger partial charge is 0.329 e. The van der Waals surface area contributed by atoms with Gasteiger partial charge in [0.2, 0.25) is 0 Å². The van der Waals surface area contributed by atoms with Gasteiger partial charge in [-0.15, -0.1) is 17.9 Å². The molecule has 0 unspecified atom stereocenters. The predicted molar refractivity (Wildman–Crippen MR) is 115 cm³/mol. The Kier molecular flexibility index (Phi) is 4.47. The smallest absolute Gasteiger partial charge is 0.261 e. The summed E-state index contributed by atoms with van der Waals surface area (Å²) in [4.78, 5) is 46.1. The van der Waals surface area contributed by atoms with Crippen LogP contribution >= 0.6 is 11.3 Å². The van der Waals surface area contributed by atoms with Gasteiger partial charge in [0, 0.05) is 18.7 Å². The lowest BCUT2D eigenvalue weighted by molar-refractivity contribution is 0.0671. The number of likely N-dealkylation sites (tertiary alicyclic amines) is 1. The second-order valence-electron chi connectivity index (χ2n) is 7.45. The van der Waals surface area contributed by atoms with E-state index < -0.39 is 0 Å². The number of carbonyl (C=O) groups is 3. The van der Waals surface area contributed by atoms with Crippen molar-refractivity contribution in [3.05, 3.63) is 76.8 Å². The van der Waals surface area contributed by atoms with Crippen LogP contribution in [0.25, 0.3) is 10.2 Å². The molecule has 2 aliphatic heterocycles. The predicted octanol–water partition coefficient (Wildman–Crippen LogP) is 4.06. The molecule has 7 heteroatoms. The Morgan fingerprint density at radius 3 is 2.77 bits per heavy atom. The van der Waals surface area contributed by atoms with Gasteiger partial charge < -0.3 is 4.90 Å². The summed E-state index contributed by atoms with van der Waals surface area (Å²) in [7, 11) is 0. The monoisotopic (exact) mass is 417 g/mol. The topological polar surface area (TPSA) is 70.6 Å². The molecule has 1 atom stereocenters. The normalized spacial score (nSPS) is 18.3. The lowest BCUT2D eigenvalue weighted by atomic mass is 10.0. The van der Waals surface area contributed by atoms with Gasteiger partial charge >= 0.3 is 0 Å². The van der Waals surface area contributed by atoms with E-state index in [0.717, 1.165) is 33.0 Å². The minimum atomic E-state index is -0.381. The summed E-state index contributed by atoms with van der Waals surface area (Å²) in [5.41, 5.74) is 1.98. The van der Waals surface area contributed by atoms with Crippen LogP contribution in [0.1, 0.15) is 55.0 Å².